The summed E-state index contributed by atoms with van der Waals surface area (Å²) in [7, 11) is 0. The van der Waals surface area contributed by atoms with Crippen LogP contribution in [0.1, 0.15) is 0 Å². The number of hydrogen-bond donors (Lipinski definition) is 3. The number of nitrogens with zero attached hydrogens (tertiary/aromatic N) is 2. The molecule has 0 aliphatic heterocycles. The first-order valence-corrected chi connectivity index (χ1v) is 4.31. The molecule has 0 fully saturated rings. The van der Waals surface area contributed by atoms with Crippen molar-refractivity contribution in [3.05, 3.63) is 36.7 Å². The lowest BCUT2D eigenvalue weighted by Gasteiger charge is -2.03. The van der Waals surface area contributed by atoms with E-state index in [1.807, 2.05) is 0 Å². The monoisotopic (exact) mass is 203 g/mol. The summed E-state index contributed by atoms with van der Waals surface area (Å²) in [5.74, 6) is 1.37. The van der Waals surface area contributed by atoms with Crippen LogP contribution in [0.4, 0.5) is 11.6 Å². The minimum atomic E-state index is 0.110. The lowest BCUT2D eigenvalue weighted by atomic mass is 10.4. The molecule has 2 aromatic rings. The Morgan fingerprint density at radius 2 is 1.27 bits per heavy atom. The predicted molar refractivity (Wildman–Crippen MR) is 55.1 cm³/mol. The summed E-state index contributed by atoms with van der Waals surface area (Å²) in [6, 6.07) is 6.30. The maximum Gasteiger partial charge on any atom is 0.134 e. The molecule has 0 saturated heterocycles. The van der Waals surface area contributed by atoms with Gasteiger partial charge in [0.15, 0.2) is 0 Å². The van der Waals surface area contributed by atoms with E-state index in [1.54, 1.807) is 12.1 Å². The van der Waals surface area contributed by atoms with Crippen molar-refractivity contribution in [2.75, 3.05) is 5.32 Å². The molecule has 0 spiro atoms. The van der Waals surface area contributed by atoms with Crippen molar-refractivity contribution < 1.29 is 10.2 Å². The number of hydrogen-bond acceptors (Lipinski definition) is 5. The Balaban J connectivity index is 2.15. The van der Waals surface area contributed by atoms with E-state index in [9.17, 15) is 0 Å². The summed E-state index contributed by atoms with van der Waals surface area (Å²) in [5.41, 5.74) is 0. The maximum atomic E-state index is 9.02. The van der Waals surface area contributed by atoms with Crippen LogP contribution in [0.15, 0.2) is 36.7 Å². The second-order valence-electron chi connectivity index (χ2n) is 2.93. The van der Waals surface area contributed by atoms with E-state index in [4.69, 9.17) is 10.2 Å². The minimum absolute atomic E-state index is 0.110. The van der Waals surface area contributed by atoms with Crippen LogP contribution in [0, 0.1) is 0 Å². The van der Waals surface area contributed by atoms with Crippen LogP contribution in [0.25, 0.3) is 0 Å². The van der Waals surface area contributed by atoms with E-state index in [2.05, 4.69) is 15.3 Å². The summed E-state index contributed by atoms with van der Waals surface area (Å²) in [6.07, 6.45) is 2.67. The van der Waals surface area contributed by atoms with E-state index in [0.717, 1.165) is 0 Å². The highest BCUT2D eigenvalue weighted by atomic mass is 16.3. The molecular weight excluding hydrogens is 194 g/mol. The molecule has 0 aliphatic carbocycles. The predicted octanol–water partition coefficient (Wildman–Crippen LogP) is 1.63. The topological polar surface area (TPSA) is 78.3 Å². The third-order valence-electron chi connectivity index (χ3n) is 1.75. The normalized spacial score (nSPS) is 9.87. The molecule has 0 aliphatic rings. The zero-order chi connectivity index (χ0) is 10.7. The van der Waals surface area contributed by atoms with Crippen molar-refractivity contribution in [2.45, 2.75) is 0 Å². The van der Waals surface area contributed by atoms with Crippen LogP contribution < -0.4 is 5.32 Å². The van der Waals surface area contributed by atoms with Gasteiger partial charge in [0, 0.05) is 0 Å². The first-order chi connectivity index (χ1) is 7.24. The Morgan fingerprint density at radius 1 is 0.800 bits per heavy atom. The number of aromatic hydroxyl groups is 2. The van der Waals surface area contributed by atoms with Crippen LogP contribution in [0.3, 0.4) is 0 Å². The van der Waals surface area contributed by atoms with E-state index < -0.39 is 0 Å². The Bertz CT molecular complexity index is 396. The van der Waals surface area contributed by atoms with Crippen LogP contribution in [0.2, 0.25) is 0 Å². The van der Waals surface area contributed by atoms with Gasteiger partial charge in [0.25, 0.3) is 0 Å². The molecule has 2 heterocycles. The molecule has 0 atom stereocenters. The van der Waals surface area contributed by atoms with E-state index in [-0.39, 0.29) is 11.5 Å². The highest BCUT2D eigenvalue weighted by molar-refractivity contribution is 5.52. The van der Waals surface area contributed by atoms with E-state index in [0.29, 0.717) is 11.6 Å². The molecule has 2 aromatic heterocycles. The standard InChI is InChI=1S/C10H9N3O2/c14-7-1-3-9(11-5-7)13-10-4-2-8(15)6-12-10/h1-6,14-15H,(H,11,12,13). The average molecular weight is 203 g/mol. The number of pyridine rings is 2. The van der Waals surface area contributed by atoms with E-state index in [1.165, 1.54) is 24.5 Å². The Kier molecular flexibility index (Phi) is 2.37. The van der Waals surface area contributed by atoms with Crippen LogP contribution >= 0.6 is 0 Å². The largest absolute Gasteiger partial charge is 0.506 e. The highest BCUT2D eigenvalue weighted by Gasteiger charge is 1.97. The highest BCUT2D eigenvalue weighted by Crippen LogP contribution is 2.16. The van der Waals surface area contributed by atoms with Gasteiger partial charge in [0.1, 0.15) is 23.1 Å². The maximum absolute atomic E-state index is 9.02. The molecule has 15 heavy (non-hydrogen) atoms. The van der Waals surface area contributed by atoms with Crippen LogP contribution in [0.5, 0.6) is 11.5 Å². The van der Waals surface area contributed by atoms with Crippen molar-refractivity contribution in [3.63, 3.8) is 0 Å². The molecule has 0 saturated carbocycles. The van der Waals surface area contributed by atoms with Gasteiger partial charge >= 0.3 is 0 Å². The lowest BCUT2D eigenvalue weighted by Crippen LogP contribution is -1.94. The fourth-order valence-electron chi connectivity index (χ4n) is 1.05. The van der Waals surface area contributed by atoms with Gasteiger partial charge in [-0.1, -0.05) is 0 Å². The van der Waals surface area contributed by atoms with E-state index >= 15 is 0 Å². The van der Waals surface area contributed by atoms with Crippen molar-refractivity contribution in [2.24, 2.45) is 0 Å². The smallest absolute Gasteiger partial charge is 0.134 e. The Labute approximate surface area is 86.1 Å². The van der Waals surface area contributed by atoms with Crippen molar-refractivity contribution in [1.82, 2.24) is 9.97 Å². The fraction of sp³-hybridized carbons (Fsp3) is 0. The molecule has 5 nitrogen and oxygen atoms in total. The Morgan fingerprint density at radius 3 is 1.60 bits per heavy atom. The molecule has 2 rings (SSSR count). The Hall–Kier alpha value is -2.30. The molecule has 0 unspecified atom stereocenters. The van der Waals surface area contributed by atoms with Gasteiger partial charge in [-0.25, -0.2) is 9.97 Å². The van der Waals surface area contributed by atoms with Gasteiger partial charge in [-0.15, -0.1) is 0 Å². The van der Waals surface area contributed by atoms with Crippen molar-refractivity contribution in [3.8, 4) is 11.5 Å². The molecular formula is C10H9N3O2. The average Bonchev–Trinajstić information content (AvgIpc) is 2.25. The van der Waals surface area contributed by atoms with Crippen molar-refractivity contribution in [1.29, 1.82) is 0 Å². The van der Waals surface area contributed by atoms with Crippen molar-refractivity contribution >= 4 is 11.6 Å². The quantitative estimate of drug-likeness (QED) is 0.691. The summed E-state index contributed by atoms with van der Waals surface area (Å²) in [5, 5.41) is 21.0. The van der Waals surface area contributed by atoms with Gasteiger partial charge in [0.05, 0.1) is 12.4 Å². The molecule has 3 N–H and O–H groups in total. The zero-order valence-electron chi connectivity index (χ0n) is 7.75. The fourth-order valence-corrected chi connectivity index (χ4v) is 1.05. The minimum Gasteiger partial charge on any atom is -0.506 e. The second kappa shape index (κ2) is 3.83. The number of aromatic nitrogens is 2. The van der Waals surface area contributed by atoms with Crippen LogP contribution in [-0.4, -0.2) is 20.2 Å². The zero-order valence-corrected chi connectivity index (χ0v) is 7.75. The third-order valence-corrected chi connectivity index (χ3v) is 1.75. The number of rotatable bonds is 2. The molecule has 0 bridgehead atoms. The summed E-state index contributed by atoms with van der Waals surface area (Å²) < 4.78 is 0. The molecule has 5 heteroatoms. The molecule has 76 valence electrons. The molecule has 0 amide bonds. The second-order valence-corrected chi connectivity index (χ2v) is 2.93. The number of nitrogens with one attached hydrogen (secondary N) is 1. The summed E-state index contributed by atoms with van der Waals surface area (Å²) in [4.78, 5) is 7.86. The van der Waals surface area contributed by atoms with Crippen LogP contribution in [-0.2, 0) is 0 Å². The first kappa shape index (κ1) is 9.26. The first-order valence-electron chi connectivity index (χ1n) is 4.31. The molecule has 0 aromatic carbocycles. The summed E-state index contributed by atoms with van der Waals surface area (Å²) in [6.45, 7) is 0. The van der Waals surface area contributed by atoms with Gasteiger partial charge in [-0.2, -0.15) is 0 Å². The van der Waals surface area contributed by atoms with Gasteiger partial charge in [-0.05, 0) is 24.3 Å². The lowest BCUT2D eigenvalue weighted by molar-refractivity contribution is 0.472. The van der Waals surface area contributed by atoms with Gasteiger partial charge < -0.3 is 15.5 Å². The molecule has 0 radical (unpaired) electrons. The summed E-state index contributed by atoms with van der Waals surface area (Å²) >= 11 is 0. The SMILES string of the molecule is Oc1ccc(Nc2ccc(O)cn2)nc1. The number of anilines is 2. The third kappa shape index (κ3) is 2.34. The van der Waals surface area contributed by atoms with Gasteiger partial charge in [0.2, 0.25) is 0 Å². The van der Waals surface area contributed by atoms with Gasteiger partial charge in [-0.3, -0.25) is 0 Å².